The van der Waals surface area contributed by atoms with Gasteiger partial charge in [-0.1, -0.05) is 24.3 Å². The average molecular weight is 330 g/mol. The van der Waals surface area contributed by atoms with Crippen molar-refractivity contribution in [3.63, 3.8) is 0 Å². The fourth-order valence-electron chi connectivity index (χ4n) is 2.98. The van der Waals surface area contributed by atoms with Crippen molar-refractivity contribution in [3.8, 4) is 11.5 Å². The molecule has 0 amide bonds. The van der Waals surface area contributed by atoms with Gasteiger partial charge in [0.05, 0.1) is 26.9 Å². The van der Waals surface area contributed by atoms with Gasteiger partial charge in [0.2, 0.25) is 5.78 Å². The number of aliphatic hydroxyl groups is 1. The zero-order valence-electron chi connectivity index (χ0n) is 13.4. The molecule has 0 saturated carbocycles. The van der Waals surface area contributed by atoms with Crippen molar-refractivity contribution in [1.82, 2.24) is 0 Å². The lowest BCUT2D eigenvalue weighted by atomic mass is 9.91. The Morgan fingerprint density at radius 3 is 2.54 bits per heavy atom. The highest BCUT2D eigenvalue weighted by Crippen LogP contribution is 2.40. The van der Waals surface area contributed by atoms with E-state index in [1.807, 2.05) is 24.3 Å². The number of aldehydes is 1. The van der Waals surface area contributed by atoms with Crippen LogP contribution in [0.3, 0.4) is 0 Å². The molecule has 1 fully saturated rings. The van der Waals surface area contributed by atoms with Gasteiger partial charge < -0.3 is 19.3 Å². The molecule has 0 aromatic heterocycles. The number of benzene rings is 2. The van der Waals surface area contributed by atoms with Gasteiger partial charge in [0.1, 0.15) is 11.5 Å². The van der Waals surface area contributed by atoms with Crippen molar-refractivity contribution in [2.75, 3.05) is 20.8 Å². The fourth-order valence-corrected chi connectivity index (χ4v) is 2.98. The number of ketones is 1. The van der Waals surface area contributed by atoms with E-state index in [4.69, 9.17) is 14.2 Å². The molecule has 1 N–H and O–H groups in total. The summed E-state index contributed by atoms with van der Waals surface area (Å²) in [5.41, 5.74) is -0.750. The van der Waals surface area contributed by atoms with Crippen molar-refractivity contribution in [2.45, 2.75) is 18.1 Å². The number of carbonyl (C=O) groups excluding carboxylic acids is 2. The van der Waals surface area contributed by atoms with Gasteiger partial charge in [0.15, 0.2) is 11.9 Å². The molecule has 0 spiro atoms. The van der Waals surface area contributed by atoms with Crippen molar-refractivity contribution in [1.29, 1.82) is 0 Å². The predicted molar refractivity (Wildman–Crippen MR) is 86.5 cm³/mol. The molecule has 3 rings (SSSR count). The third-order valence-electron chi connectivity index (χ3n) is 4.39. The first-order valence-electron chi connectivity index (χ1n) is 7.51. The van der Waals surface area contributed by atoms with Crippen LogP contribution in [-0.2, 0) is 20.7 Å². The minimum Gasteiger partial charge on any atom is -0.496 e. The number of epoxide rings is 1. The third kappa shape index (κ3) is 2.53. The molecule has 0 radical (unpaired) electrons. The predicted octanol–water partition coefficient (Wildman–Crippen LogP) is 1.30. The molecule has 0 bridgehead atoms. The Kier molecular flexibility index (Phi) is 4.26. The highest BCUT2D eigenvalue weighted by atomic mass is 16.6. The lowest BCUT2D eigenvalue weighted by Crippen LogP contribution is -2.40. The van der Waals surface area contributed by atoms with Crippen LogP contribution in [0, 0.1) is 0 Å². The Labute approximate surface area is 138 Å². The maximum absolute atomic E-state index is 11.7. The molecular weight excluding hydrogens is 312 g/mol. The molecule has 0 unspecified atom stereocenters. The summed E-state index contributed by atoms with van der Waals surface area (Å²) in [5, 5.41) is 12.2. The highest BCUT2D eigenvalue weighted by molar-refractivity contribution is 6.30. The number of fused-ring (bicyclic) bond motifs is 1. The second-order valence-electron chi connectivity index (χ2n) is 5.70. The lowest BCUT2D eigenvalue weighted by Gasteiger charge is -2.19. The summed E-state index contributed by atoms with van der Waals surface area (Å²) in [5.74, 6) is 0.489. The molecule has 1 saturated heterocycles. The van der Waals surface area contributed by atoms with E-state index < -0.39 is 17.5 Å². The zero-order chi connectivity index (χ0) is 17.3. The number of carbonyl (C=O) groups is 2. The molecule has 126 valence electrons. The van der Waals surface area contributed by atoms with Crippen LogP contribution in [0.2, 0.25) is 0 Å². The standard InChI is InChI=1S/C18H18O6/c1-22-14-7-11(8-15(20)18(10-24-18)16(21)9-19)17(23-2)13-6-4-3-5-12(13)14/h3-7,9,15,20H,8,10H2,1-2H3/t15-,18+/m1/s1. The van der Waals surface area contributed by atoms with E-state index in [9.17, 15) is 14.7 Å². The fraction of sp³-hybridized carbons (Fsp3) is 0.333. The van der Waals surface area contributed by atoms with Crippen molar-refractivity contribution in [3.05, 3.63) is 35.9 Å². The second-order valence-corrected chi connectivity index (χ2v) is 5.70. The largest absolute Gasteiger partial charge is 0.496 e. The van der Waals surface area contributed by atoms with Crippen LogP contribution in [-0.4, -0.2) is 49.7 Å². The third-order valence-corrected chi connectivity index (χ3v) is 4.39. The number of hydrogen-bond donors (Lipinski definition) is 1. The molecular formula is C18H18O6. The number of Topliss-reactive ketones (excluding diaryl/α,β-unsaturated/α-hetero) is 1. The van der Waals surface area contributed by atoms with Gasteiger partial charge in [-0.25, -0.2) is 0 Å². The molecule has 1 aliphatic heterocycles. The van der Waals surface area contributed by atoms with Gasteiger partial charge in [-0.15, -0.1) is 0 Å². The van der Waals surface area contributed by atoms with Crippen LogP contribution in [0.1, 0.15) is 5.56 Å². The average Bonchev–Trinajstić information content (AvgIpc) is 3.42. The molecule has 1 heterocycles. The van der Waals surface area contributed by atoms with Crippen molar-refractivity contribution in [2.24, 2.45) is 0 Å². The molecule has 24 heavy (non-hydrogen) atoms. The topological polar surface area (TPSA) is 85.4 Å². The van der Waals surface area contributed by atoms with E-state index in [1.54, 1.807) is 20.3 Å². The number of methoxy groups -OCH3 is 2. The van der Waals surface area contributed by atoms with E-state index in [2.05, 4.69) is 0 Å². The molecule has 0 aliphatic carbocycles. The summed E-state index contributed by atoms with van der Waals surface area (Å²) in [4.78, 5) is 22.5. The summed E-state index contributed by atoms with van der Waals surface area (Å²) < 4.78 is 16.0. The molecule has 2 aromatic rings. The van der Waals surface area contributed by atoms with Crippen LogP contribution in [0.25, 0.3) is 10.8 Å². The van der Waals surface area contributed by atoms with E-state index in [0.717, 1.165) is 10.8 Å². The summed E-state index contributed by atoms with van der Waals surface area (Å²) in [7, 11) is 3.11. The molecule has 6 heteroatoms. The monoisotopic (exact) mass is 330 g/mol. The van der Waals surface area contributed by atoms with Crippen LogP contribution in [0.5, 0.6) is 11.5 Å². The number of hydrogen-bond acceptors (Lipinski definition) is 6. The lowest BCUT2D eigenvalue weighted by molar-refractivity contribution is -0.136. The zero-order valence-corrected chi connectivity index (χ0v) is 13.4. The minimum atomic E-state index is -1.42. The first kappa shape index (κ1) is 16.4. The molecule has 2 atom stereocenters. The van der Waals surface area contributed by atoms with E-state index >= 15 is 0 Å². The van der Waals surface area contributed by atoms with Crippen LogP contribution in [0.15, 0.2) is 30.3 Å². The van der Waals surface area contributed by atoms with E-state index in [1.165, 1.54) is 0 Å². The summed E-state index contributed by atoms with van der Waals surface area (Å²) >= 11 is 0. The smallest absolute Gasteiger partial charge is 0.231 e. The number of ether oxygens (including phenoxy) is 3. The Balaban J connectivity index is 2.03. The maximum Gasteiger partial charge on any atom is 0.231 e. The number of aliphatic hydroxyl groups excluding tert-OH is 1. The van der Waals surface area contributed by atoms with Crippen LogP contribution >= 0.6 is 0 Å². The van der Waals surface area contributed by atoms with Gasteiger partial charge in [-0.2, -0.15) is 0 Å². The Bertz CT molecular complexity index is 793. The van der Waals surface area contributed by atoms with Crippen LogP contribution in [0.4, 0.5) is 0 Å². The van der Waals surface area contributed by atoms with Gasteiger partial charge in [0, 0.05) is 22.8 Å². The Morgan fingerprint density at radius 2 is 2.00 bits per heavy atom. The minimum absolute atomic E-state index is 0.0404. The summed E-state index contributed by atoms with van der Waals surface area (Å²) in [6, 6.07) is 9.36. The first-order chi connectivity index (χ1) is 11.6. The van der Waals surface area contributed by atoms with Gasteiger partial charge in [-0.3, -0.25) is 9.59 Å². The second kappa shape index (κ2) is 6.22. The summed E-state index contributed by atoms with van der Waals surface area (Å²) in [6.07, 6.45) is -0.853. The first-order valence-corrected chi connectivity index (χ1v) is 7.51. The summed E-state index contributed by atoms with van der Waals surface area (Å²) in [6.45, 7) is 0.0404. The quantitative estimate of drug-likeness (QED) is 0.468. The molecule has 6 nitrogen and oxygen atoms in total. The SMILES string of the molecule is COc1cc(C[C@@H](O)[C@]2(C(=O)C=O)CO2)c(OC)c2ccccc12. The normalized spacial score (nSPS) is 20.5. The van der Waals surface area contributed by atoms with Gasteiger partial charge in [-0.05, 0) is 6.07 Å². The Hall–Kier alpha value is -2.44. The highest BCUT2D eigenvalue weighted by Gasteiger charge is 2.57. The van der Waals surface area contributed by atoms with E-state index in [-0.39, 0.29) is 19.3 Å². The van der Waals surface area contributed by atoms with Crippen molar-refractivity contribution < 1.29 is 28.9 Å². The van der Waals surface area contributed by atoms with Gasteiger partial charge in [0.25, 0.3) is 0 Å². The molecule has 2 aromatic carbocycles. The van der Waals surface area contributed by atoms with E-state index in [0.29, 0.717) is 17.1 Å². The van der Waals surface area contributed by atoms with Crippen LogP contribution < -0.4 is 9.47 Å². The molecule has 1 aliphatic rings. The van der Waals surface area contributed by atoms with Gasteiger partial charge >= 0.3 is 0 Å². The number of rotatable bonds is 7. The maximum atomic E-state index is 11.7. The Morgan fingerprint density at radius 1 is 1.33 bits per heavy atom. The van der Waals surface area contributed by atoms with Crippen molar-refractivity contribution >= 4 is 22.8 Å².